The van der Waals surface area contributed by atoms with E-state index in [-0.39, 0.29) is 5.91 Å². The van der Waals surface area contributed by atoms with Crippen molar-refractivity contribution >= 4 is 11.9 Å². The van der Waals surface area contributed by atoms with Crippen molar-refractivity contribution in [2.45, 2.75) is 25.8 Å². The number of rotatable bonds is 6. The number of carboxylic acid groups (broad SMARTS) is 1. The molecule has 0 bridgehead atoms. The molecule has 0 saturated carbocycles. The molecule has 6 heteroatoms. The molecule has 1 amide bonds. The molecule has 1 aliphatic rings. The Balaban J connectivity index is 2.09. The first-order chi connectivity index (χ1) is 8.11. The molecule has 1 rings (SSSR count). The summed E-state index contributed by atoms with van der Waals surface area (Å²) in [6.45, 7) is 4.69. The van der Waals surface area contributed by atoms with Gasteiger partial charge in [0.15, 0.2) is 0 Å². The number of nitrogens with one attached hydrogen (secondary N) is 1. The third-order valence-electron chi connectivity index (χ3n) is 2.75. The number of amides is 1. The zero-order valence-electron chi connectivity index (χ0n) is 10.1. The number of aliphatic carboxylic acids is 1. The largest absolute Gasteiger partial charge is 0.480 e. The molecule has 0 unspecified atom stereocenters. The van der Waals surface area contributed by atoms with E-state index in [2.05, 4.69) is 5.32 Å². The molecule has 1 atom stereocenters. The van der Waals surface area contributed by atoms with E-state index in [1.54, 1.807) is 11.8 Å². The highest BCUT2D eigenvalue weighted by molar-refractivity contribution is 5.76. The fourth-order valence-corrected chi connectivity index (χ4v) is 1.62. The Bertz CT molecular complexity index is 264. The minimum absolute atomic E-state index is 0.123. The molecule has 2 N–H and O–H groups in total. The van der Waals surface area contributed by atoms with Gasteiger partial charge in [0, 0.05) is 19.5 Å². The molecule has 0 aromatic rings. The van der Waals surface area contributed by atoms with Crippen molar-refractivity contribution < 1.29 is 19.4 Å². The molecule has 98 valence electrons. The van der Waals surface area contributed by atoms with Gasteiger partial charge in [-0.3, -0.25) is 9.59 Å². The number of nitrogens with zero attached hydrogens (tertiary/aromatic N) is 1. The smallest absolute Gasteiger partial charge is 0.320 e. The molecule has 0 aliphatic carbocycles. The number of morpholine rings is 1. The third-order valence-corrected chi connectivity index (χ3v) is 2.75. The first-order valence-electron chi connectivity index (χ1n) is 5.93. The maximum atomic E-state index is 11.7. The summed E-state index contributed by atoms with van der Waals surface area (Å²) in [7, 11) is 0. The minimum Gasteiger partial charge on any atom is -0.480 e. The van der Waals surface area contributed by atoms with E-state index < -0.39 is 12.0 Å². The van der Waals surface area contributed by atoms with E-state index in [4.69, 9.17) is 9.84 Å². The zero-order valence-corrected chi connectivity index (χ0v) is 10.1. The molecule has 0 aromatic heterocycles. The van der Waals surface area contributed by atoms with Gasteiger partial charge in [-0.1, -0.05) is 0 Å². The van der Waals surface area contributed by atoms with Gasteiger partial charge < -0.3 is 20.1 Å². The first kappa shape index (κ1) is 13.9. The van der Waals surface area contributed by atoms with Crippen molar-refractivity contribution in [1.29, 1.82) is 0 Å². The van der Waals surface area contributed by atoms with E-state index in [1.165, 1.54) is 0 Å². The van der Waals surface area contributed by atoms with Crippen LogP contribution >= 0.6 is 0 Å². The van der Waals surface area contributed by atoms with E-state index in [9.17, 15) is 9.59 Å². The summed E-state index contributed by atoms with van der Waals surface area (Å²) in [5, 5.41) is 11.5. The SMILES string of the molecule is C[C@H](NCCCC(=O)N1CCOCC1)C(=O)O. The van der Waals surface area contributed by atoms with Crippen LogP contribution < -0.4 is 5.32 Å². The summed E-state index contributed by atoms with van der Waals surface area (Å²) < 4.78 is 5.16. The lowest BCUT2D eigenvalue weighted by Crippen LogP contribution is -2.41. The summed E-state index contributed by atoms with van der Waals surface area (Å²) in [6.07, 6.45) is 1.12. The Kier molecular flexibility index (Phi) is 5.93. The molecule has 0 spiro atoms. The van der Waals surface area contributed by atoms with Gasteiger partial charge in [0.2, 0.25) is 5.91 Å². The second-order valence-corrected chi connectivity index (χ2v) is 4.11. The average Bonchev–Trinajstić information content (AvgIpc) is 2.35. The summed E-state index contributed by atoms with van der Waals surface area (Å²) in [5.41, 5.74) is 0. The number of carbonyl (C=O) groups is 2. The van der Waals surface area contributed by atoms with Gasteiger partial charge >= 0.3 is 5.97 Å². The summed E-state index contributed by atoms with van der Waals surface area (Å²) in [5.74, 6) is -0.748. The molecule has 0 aromatic carbocycles. The first-order valence-corrected chi connectivity index (χ1v) is 5.93. The molecule has 1 aliphatic heterocycles. The number of hydrogen-bond acceptors (Lipinski definition) is 4. The van der Waals surface area contributed by atoms with Crippen LogP contribution in [0.4, 0.5) is 0 Å². The average molecular weight is 244 g/mol. The lowest BCUT2D eigenvalue weighted by molar-refractivity contribution is -0.139. The Morgan fingerprint density at radius 1 is 1.41 bits per heavy atom. The molecule has 1 saturated heterocycles. The van der Waals surface area contributed by atoms with Crippen LogP contribution in [-0.4, -0.2) is 60.8 Å². The Hall–Kier alpha value is -1.14. The highest BCUT2D eigenvalue weighted by Crippen LogP contribution is 2.01. The van der Waals surface area contributed by atoms with Gasteiger partial charge in [-0.2, -0.15) is 0 Å². The fraction of sp³-hybridized carbons (Fsp3) is 0.818. The molecule has 6 nitrogen and oxygen atoms in total. The number of carbonyl (C=O) groups excluding carboxylic acids is 1. The van der Waals surface area contributed by atoms with E-state index >= 15 is 0 Å². The van der Waals surface area contributed by atoms with Crippen molar-refractivity contribution in [2.75, 3.05) is 32.8 Å². The van der Waals surface area contributed by atoms with Crippen molar-refractivity contribution in [2.24, 2.45) is 0 Å². The van der Waals surface area contributed by atoms with Gasteiger partial charge in [0.05, 0.1) is 13.2 Å². The molecular weight excluding hydrogens is 224 g/mol. The topological polar surface area (TPSA) is 78.9 Å². The second kappa shape index (κ2) is 7.24. The van der Waals surface area contributed by atoms with Crippen molar-refractivity contribution in [3.05, 3.63) is 0 Å². The summed E-state index contributed by atoms with van der Waals surface area (Å²) >= 11 is 0. The van der Waals surface area contributed by atoms with Crippen LogP contribution in [0, 0.1) is 0 Å². The predicted octanol–water partition coefficient (Wildman–Crippen LogP) is -0.312. The van der Waals surface area contributed by atoms with Crippen molar-refractivity contribution in [3.8, 4) is 0 Å². The molecule has 1 fully saturated rings. The standard InChI is InChI=1S/C11H20N2O4/c1-9(11(15)16)12-4-2-3-10(14)13-5-7-17-8-6-13/h9,12H,2-8H2,1H3,(H,15,16)/t9-/m0/s1. The monoisotopic (exact) mass is 244 g/mol. The normalized spacial score (nSPS) is 17.8. The van der Waals surface area contributed by atoms with E-state index in [0.29, 0.717) is 45.7 Å². The van der Waals surface area contributed by atoms with Gasteiger partial charge in [-0.25, -0.2) is 0 Å². The predicted molar refractivity (Wildman–Crippen MR) is 61.7 cm³/mol. The quantitative estimate of drug-likeness (QED) is 0.626. The Morgan fingerprint density at radius 3 is 2.65 bits per heavy atom. The lowest BCUT2D eigenvalue weighted by atomic mass is 10.2. The van der Waals surface area contributed by atoms with Gasteiger partial charge in [0.1, 0.15) is 6.04 Å². The van der Waals surface area contributed by atoms with Gasteiger partial charge in [-0.15, -0.1) is 0 Å². The fourth-order valence-electron chi connectivity index (χ4n) is 1.62. The minimum atomic E-state index is -0.871. The van der Waals surface area contributed by atoms with Crippen LogP contribution in [0.3, 0.4) is 0 Å². The Morgan fingerprint density at radius 2 is 2.06 bits per heavy atom. The highest BCUT2D eigenvalue weighted by atomic mass is 16.5. The van der Waals surface area contributed by atoms with Crippen LogP contribution in [0.2, 0.25) is 0 Å². The summed E-state index contributed by atoms with van der Waals surface area (Å²) in [6, 6.07) is -0.562. The highest BCUT2D eigenvalue weighted by Gasteiger charge is 2.16. The molecule has 1 heterocycles. The van der Waals surface area contributed by atoms with Crippen LogP contribution in [0.5, 0.6) is 0 Å². The van der Waals surface area contributed by atoms with Gasteiger partial charge in [-0.05, 0) is 19.9 Å². The van der Waals surface area contributed by atoms with Crippen LogP contribution in [0.15, 0.2) is 0 Å². The number of ether oxygens (including phenoxy) is 1. The summed E-state index contributed by atoms with van der Waals surface area (Å²) in [4.78, 5) is 24.0. The third kappa shape index (κ3) is 5.14. The maximum absolute atomic E-state index is 11.7. The Labute approximate surface area is 101 Å². The van der Waals surface area contributed by atoms with Crippen LogP contribution in [0.1, 0.15) is 19.8 Å². The van der Waals surface area contributed by atoms with Crippen LogP contribution in [-0.2, 0) is 14.3 Å². The number of carboxylic acids is 1. The van der Waals surface area contributed by atoms with Crippen molar-refractivity contribution in [3.63, 3.8) is 0 Å². The van der Waals surface area contributed by atoms with E-state index in [1.807, 2.05) is 0 Å². The zero-order chi connectivity index (χ0) is 12.7. The maximum Gasteiger partial charge on any atom is 0.320 e. The molecular formula is C11H20N2O4. The second-order valence-electron chi connectivity index (χ2n) is 4.11. The lowest BCUT2D eigenvalue weighted by Gasteiger charge is -2.26. The number of hydrogen-bond donors (Lipinski definition) is 2. The van der Waals surface area contributed by atoms with E-state index in [0.717, 1.165) is 0 Å². The molecule has 0 radical (unpaired) electrons. The van der Waals surface area contributed by atoms with Crippen molar-refractivity contribution in [1.82, 2.24) is 10.2 Å². The van der Waals surface area contributed by atoms with Crippen LogP contribution in [0.25, 0.3) is 0 Å². The molecule has 17 heavy (non-hydrogen) atoms. The van der Waals surface area contributed by atoms with Gasteiger partial charge in [0.25, 0.3) is 0 Å².